The fourth-order valence-corrected chi connectivity index (χ4v) is 3.36. The topological polar surface area (TPSA) is 64.1 Å². The standard InChI is InChI=1S/C21H21N3O2S/c1-14-5-4-6-18(11-14)26-13-20(25)24-17-7-9-19(10-8-17)27-21-22-15(2)12-16(3)23-21/h4-12H,13H2,1-3H3,(H,24,25). The molecule has 1 N–H and O–H groups in total. The molecule has 3 aromatic rings. The number of ether oxygens (including phenoxy) is 1. The normalized spacial score (nSPS) is 10.5. The second kappa shape index (κ2) is 8.68. The van der Waals surface area contributed by atoms with Gasteiger partial charge in [-0.2, -0.15) is 0 Å². The summed E-state index contributed by atoms with van der Waals surface area (Å²) in [4.78, 5) is 21.9. The van der Waals surface area contributed by atoms with Gasteiger partial charge in [0.2, 0.25) is 0 Å². The van der Waals surface area contributed by atoms with Gasteiger partial charge in [0.1, 0.15) is 5.75 Å². The quantitative estimate of drug-likeness (QED) is 0.636. The van der Waals surface area contributed by atoms with Crippen LogP contribution >= 0.6 is 11.8 Å². The summed E-state index contributed by atoms with van der Waals surface area (Å²) in [6.45, 7) is 5.86. The number of hydrogen-bond donors (Lipinski definition) is 1. The lowest BCUT2D eigenvalue weighted by atomic mass is 10.2. The summed E-state index contributed by atoms with van der Waals surface area (Å²) in [6.07, 6.45) is 0. The minimum absolute atomic E-state index is 0.0314. The number of nitrogens with one attached hydrogen (secondary N) is 1. The molecule has 0 saturated heterocycles. The van der Waals surface area contributed by atoms with E-state index in [-0.39, 0.29) is 12.5 Å². The van der Waals surface area contributed by atoms with Crippen LogP contribution in [0.25, 0.3) is 0 Å². The van der Waals surface area contributed by atoms with Gasteiger partial charge in [-0.25, -0.2) is 9.97 Å². The summed E-state index contributed by atoms with van der Waals surface area (Å²) < 4.78 is 5.51. The third-order valence-corrected chi connectivity index (χ3v) is 4.54. The molecule has 0 bridgehead atoms. The van der Waals surface area contributed by atoms with Crippen LogP contribution in [0.15, 0.2) is 64.6 Å². The minimum atomic E-state index is -0.199. The van der Waals surface area contributed by atoms with Crippen LogP contribution in [0.1, 0.15) is 17.0 Å². The first-order valence-electron chi connectivity index (χ1n) is 8.57. The van der Waals surface area contributed by atoms with Crippen molar-refractivity contribution in [1.29, 1.82) is 0 Å². The Morgan fingerprint density at radius 3 is 2.37 bits per heavy atom. The minimum Gasteiger partial charge on any atom is -0.484 e. The molecule has 3 rings (SSSR count). The van der Waals surface area contributed by atoms with Crippen LogP contribution in [0, 0.1) is 20.8 Å². The number of aromatic nitrogens is 2. The van der Waals surface area contributed by atoms with E-state index >= 15 is 0 Å². The SMILES string of the molecule is Cc1cccc(OCC(=O)Nc2ccc(Sc3nc(C)cc(C)n3)cc2)c1. The zero-order valence-corrected chi connectivity index (χ0v) is 16.3. The molecule has 1 aromatic heterocycles. The lowest BCUT2D eigenvalue weighted by molar-refractivity contribution is -0.118. The van der Waals surface area contributed by atoms with Gasteiger partial charge in [0.15, 0.2) is 11.8 Å². The number of hydrogen-bond acceptors (Lipinski definition) is 5. The summed E-state index contributed by atoms with van der Waals surface area (Å²) >= 11 is 1.49. The molecule has 0 atom stereocenters. The van der Waals surface area contributed by atoms with Gasteiger partial charge in [-0.3, -0.25) is 4.79 Å². The van der Waals surface area contributed by atoms with Crippen molar-refractivity contribution < 1.29 is 9.53 Å². The van der Waals surface area contributed by atoms with Gasteiger partial charge in [-0.05, 0) is 80.6 Å². The lowest BCUT2D eigenvalue weighted by Crippen LogP contribution is -2.20. The molecule has 0 unspecified atom stereocenters. The molecule has 6 heteroatoms. The molecule has 1 amide bonds. The zero-order valence-electron chi connectivity index (χ0n) is 15.5. The second-order valence-electron chi connectivity index (χ2n) is 6.21. The van der Waals surface area contributed by atoms with Crippen LogP contribution in [0.3, 0.4) is 0 Å². The van der Waals surface area contributed by atoms with E-state index in [9.17, 15) is 4.79 Å². The van der Waals surface area contributed by atoms with Crippen LogP contribution in [0.4, 0.5) is 5.69 Å². The van der Waals surface area contributed by atoms with Gasteiger partial charge in [0.25, 0.3) is 5.91 Å². The molecule has 0 aliphatic heterocycles. The molecule has 0 aliphatic rings. The Hall–Kier alpha value is -2.86. The van der Waals surface area contributed by atoms with Gasteiger partial charge in [0, 0.05) is 22.0 Å². The first kappa shape index (κ1) is 18.9. The number of nitrogens with zero attached hydrogens (tertiary/aromatic N) is 2. The van der Waals surface area contributed by atoms with E-state index in [0.717, 1.165) is 32.7 Å². The predicted octanol–water partition coefficient (Wildman–Crippen LogP) is 4.57. The van der Waals surface area contributed by atoms with E-state index in [2.05, 4.69) is 15.3 Å². The van der Waals surface area contributed by atoms with Crippen molar-refractivity contribution in [1.82, 2.24) is 9.97 Å². The van der Waals surface area contributed by atoms with Crippen LogP contribution in [0.2, 0.25) is 0 Å². The molecule has 0 fully saturated rings. The highest BCUT2D eigenvalue weighted by atomic mass is 32.2. The Kier molecular flexibility index (Phi) is 6.08. The van der Waals surface area contributed by atoms with Crippen LogP contribution in [-0.2, 0) is 4.79 Å². The summed E-state index contributed by atoms with van der Waals surface area (Å²) in [5, 5.41) is 3.55. The van der Waals surface area contributed by atoms with Crippen molar-refractivity contribution in [3.63, 3.8) is 0 Å². The van der Waals surface area contributed by atoms with E-state index in [1.165, 1.54) is 11.8 Å². The Balaban J connectivity index is 1.54. The van der Waals surface area contributed by atoms with E-state index < -0.39 is 0 Å². The number of carbonyl (C=O) groups excluding carboxylic acids is 1. The van der Waals surface area contributed by atoms with Crippen LogP contribution in [0.5, 0.6) is 5.75 Å². The molecule has 27 heavy (non-hydrogen) atoms. The average molecular weight is 379 g/mol. The van der Waals surface area contributed by atoms with E-state index in [0.29, 0.717) is 5.75 Å². The molecular formula is C21H21N3O2S. The molecule has 0 saturated carbocycles. The van der Waals surface area contributed by atoms with Gasteiger partial charge >= 0.3 is 0 Å². The monoisotopic (exact) mass is 379 g/mol. The Bertz CT molecular complexity index is 922. The van der Waals surface area contributed by atoms with Crippen molar-refractivity contribution in [3.8, 4) is 5.75 Å². The number of rotatable bonds is 6. The van der Waals surface area contributed by atoms with Crippen molar-refractivity contribution in [2.75, 3.05) is 11.9 Å². The fourth-order valence-electron chi connectivity index (χ4n) is 2.50. The zero-order chi connectivity index (χ0) is 19.2. The highest BCUT2D eigenvalue weighted by molar-refractivity contribution is 7.99. The second-order valence-corrected chi connectivity index (χ2v) is 7.25. The molecule has 0 aliphatic carbocycles. The smallest absolute Gasteiger partial charge is 0.262 e. The molecule has 5 nitrogen and oxygen atoms in total. The highest BCUT2D eigenvalue weighted by Crippen LogP contribution is 2.26. The number of benzene rings is 2. The molecule has 0 spiro atoms. The van der Waals surface area contributed by atoms with Crippen molar-refractivity contribution in [2.24, 2.45) is 0 Å². The first-order valence-corrected chi connectivity index (χ1v) is 9.39. The maximum absolute atomic E-state index is 12.1. The summed E-state index contributed by atoms with van der Waals surface area (Å²) in [6, 6.07) is 17.1. The first-order chi connectivity index (χ1) is 13.0. The van der Waals surface area contributed by atoms with Crippen molar-refractivity contribution >= 4 is 23.4 Å². The maximum atomic E-state index is 12.1. The number of anilines is 1. The Labute approximate surface area is 163 Å². The lowest BCUT2D eigenvalue weighted by Gasteiger charge is -2.09. The van der Waals surface area contributed by atoms with E-state index in [1.807, 2.05) is 75.4 Å². The number of aryl methyl sites for hydroxylation is 3. The summed E-state index contributed by atoms with van der Waals surface area (Å²) in [7, 11) is 0. The average Bonchev–Trinajstić information content (AvgIpc) is 2.61. The van der Waals surface area contributed by atoms with E-state index in [4.69, 9.17) is 4.74 Å². The predicted molar refractivity (Wildman–Crippen MR) is 107 cm³/mol. The molecule has 1 heterocycles. The highest BCUT2D eigenvalue weighted by Gasteiger charge is 2.06. The number of carbonyl (C=O) groups is 1. The Morgan fingerprint density at radius 2 is 1.70 bits per heavy atom. The van der Waals surface area contributed by atoms with E-state index in [1.54, 1.807) is 0 Å². The van der Waals surface area contributed by atoms with Gasteiger partial charge in [-0.15, -0.1) is 0 Å². The van der Waals surface area contributed by atoms with Crippen LogP contribution < -0.4 is 10.1 Å². The third kappa shape index (κ3) is 5.82. The third-order valence-electron chi connectivity index (χ3n) is 3.67. The fraction of sp³-hybridized carbons (Fsp3) is 0.190. The summed E-state index contributed by atoms with van der Waals surface area (Å²) in [5.41, 5.74) is 3.71. The van der Waals surface area contributed by atoms with Crippen molar-refractivity contribution in [3.05, 3.63) is 71.5 Å². The van der Waals surface area contributed by atoms with Gasteiger partial charge in [-0.1, -0.05) is 12.1 Å². The summed E-state index contributed by atoms with van der Waals surface area (Å²) in [5.74, 6) is 0.486. The molecule has 0 radical (unpaired) electrons. The molecular weight excluding hydrogens is 358 g/mol. The Morgan fingerprint density at radius 1 is 1.00 bits per heavy atom. The van der Waals surface area contributed by atoms with Crippen LogP contribution in [-0.4, -0.2) is 22.5 Å². The largest absolute Gasteiger partial charge is 0.484 e. The van der Waals surface area contributed by atoms with Gasteiger partial charge < -0.3 is 10.1 Å². The van der Waals surface area contributed by atoms with Crippen molar-refractivity contribution in [2.45, 2.75) is 30.8 Å². The number of amides is 1. The molecule has 2 aromatic carbocycles. The maximum Gasteiger partial charge on any atom is 0.262 e. The van der Waals surface area contributed by atoms with Gasteiger partial charge in [0.05, 0.1) is 0 Å². The molecule has 138 valence electrons.